The highest BCUT2D eigenvalue weighted by Crippen LogP contribution is 2.69. The lowest BCUT2D eigenvalue weighted by Crippen LogP contribution is -2.10. The Morgan fingerprint density at radius 1 is 0.622 bits per heavy atom. The topological polar surface area (TPSA) is 0 Å². The van der Waals surface area contributed by atoms with E-state index in [4.69, 9.17) is 0 Å². The molecule has 5 aromatic carbocycles. The maximum absolute atomic E-state index is 2.60. The summed E-state index contributed by atoms with van der Waals surface area (Å²) in [7, 11) is -1.22. The highest BCUT2D eigenvalue weighted by Gasteiger charge is 2.39. The van der Waals surface area contributed by atoms with Crippen LogP contribution in [0.15, 0.2) is 132 Å². The lowest BCUT2D eigenvalue weighted by Gasteiger charge is -2.40. The van der Waals surface area contributed by atoms with Crippen LogP contribution in [0.5, 0.6) is 0 Å². The molecule has 0 nitrogen and oxygen atoms in total. The molecule has 2 aliphatic carbocycles. The van der Waals surface area contributed by atoms with Crippen molar-refractivity contribution in [2.45, 2.75) is 11.7 Å². The molecule has 0 bridgehead atoms. The van der Waals surface area contributed by atoms with Gasteiger partial charge in [0.15, 0.2) is 0 Å². The number of benzene rings is 5. The van der Waals surface area contributed by atoms with Gasteiger partial charge in [-0.25, -0.2) is 10.0 Å². The first-order valence-electron chi connectivity index (χ1n) is 13.0. The first kappa shape index (κ1) is 22.4. The summed E-state index contributed by atoms with van der Waals surface area (Å²) in [5.74, 6) is 0. The van der Waals surface area contributed by atoms with Crippen LogP contribution in [0.25, 0.3) is 21.9 Å². The molecular formula is C36H30S. The van der Waals surface area contributed by atoms with E-state index in [-0.39, 0.29) is 0 Å². The summed E-state index contributed by atoms with van der Waals surface area (Å²) in [4.78, 5) is 1.62. The molecule has 0 aromatic heterocycles. The molecule has 0 spiro atoms. The third-order valence-corrected chi connectivity index (χ3v) is 11.5. The molecule has 0 fully saturated rings. The Morgan fingerprint density at radius 2 is 1.27 bits per heavy atom. The lowest BCUT2D eigenvalue weighted by atomic mass is 9.94. The molecule has 0 heterocycles. The second-order valence-electron chi connectivity index (χ2n) is 10.5. The zero-order valence-corrected chi connectivity index (χ0v) is 22.1. The van der Waals surface area contributed by atoms with Crippen LogP contribution in [0.3, 0.4) is 0 Å². The lowest BCUT2D eigenvalue weighted by molar-refractivity contribution is 1.22. The van der Waals surface area contributed by atoms with E-state index in [0.29, 0.717) is 5.25 Å². The van der Waals surface area contributed by atoms with Crippen LogP contribution in [0, 0.1) is 0 Å². The zero-order chi connectivity index (χ0) is 25.0. The summed E-state index contributed by atoms with van der Waals surface area (Å²) >= 11 is 0. The molecule has 2 aliphatic rings. The summed E-state index contributed by atoms with van der Waals surface area (Å²) < 4.78 is 0. The zero-order valence-electron chi connectivity index (χ0n) is 21.3. The minimum absolute atomic E-state index is 0.366. The van der Waals surface area contributed by atoms with Crippen LogP contribution in [-0.4, -0.2) is 12.5 Å². The number of allylic oxidation sites excluding steroid dienone is 1. The van der Waals surface area contributed by atoms with Crippen molar-refractivity contribution in [3.8, 4) is 0 Å². The largest absolute Gasteiger partial charge is 0.213 e. The van der Waals surface area contributed by atoms with Crippen LogP contribution in [0.4, 0.5) is 0 Å². The summed E-state index contributed by atoms with van der Waals surface area (Å²) in [6, 6.07) is 44.7. The van der Waals surface area contributed by atoms with E-state index in [9.17, 15) is 0 Å². The quantitative estimate of drug-likeness (QED) is 0.233. The predicted octanol–water partition coefficient (Wildman–Crippen LogP) is 9.41. The first-order chi connectivity index (χ1) is 18.1. The molecule has 1 atom stereocenters. The average Bonchev–Trinajstić information content (AvgIpc) is 3.55. The molecule has 5 aromatic rings. The van der Waals surface area contributed by atoms with E-state index in [1.54, 1.807) is 4.91 Å². The summed E-state index contributed by atoms with van der Waals surface area (Å²) in [5.41, 5.74) is 11.3. The molecule has 0 aliphatic heterocycles. The highest BCUT2D eigenvalue weighted by molar-refractivity contribution is 8.36. The van der Waals surface area contributed by atoms with Crippen molar-refractivity contribution in [3.05, 3.63) is 166 Å². The average molecular weight is 495 g/mol. The van der Waals surface area contributed by atoms with Gasteiger partial charge in [0.25, 0.3) is 0 Å². The minimum atomic E-state index is -1.22. The SMILES string of the molecule is CS(C)(C1=C(c2ccccc2)c2ccccc2C1)C1C=C(c2ccccc2)c2c1ccc1ccccc21. The van der Waals surface area contributed by atoms with E-state index < -0.39 is 10.0 Å². The van der Waals surface area contributed by atoms with Crippen LogP contribution < -0.4 is 0 Å². The van der Waals surface area contributed by atoms with Gasteiger partial charge in [0.2, 0.25) is 0 Å². The van der Waals surface area contributed by atoms with Crippen molar-refractivity contribution in [1.82, 2.24) is 0 Å². The second kappa shape index (κ2) is 8.64. The second-order valence-corrected chi connectivity index (χ2v) is 14.3. The van der Waals surface area contributed by atoms with E-state index in [1.165, 1.54) is 55.3 Å². The normalized spacial score (nSPS) is 17.0. The maximum Gasteiger partial charge on any atom is 0.0367 e. The van der Waals surface area contributed by atoms with Crippen LogP contribution in [0.2, 0.25) is 0 Å². The number of fused-ring (bicyclic) bond motifs is 4. The van der Waals surface area contributed by atoms with Gasteiger partial charge in [-0.3, -0.25) is 0 Å². The smallest absolute Gasteiger partial charge is 0.0367 e. The van der Waals surface area contributed by atoms with Crippen molar-refractivity contribution in [1.29, 1.82) is 0 Å². The Morgan fingerprint density at radius 3 is 2.05 bits per heavy atom. The van der Waals surface area contributed by atoms with Crippen molar-refractivity contribution in [2.24, 2.45) is 0 Å². The fraction of sp³-hybridized carbons (Fsp3) is 0.111. The number of hydrogen-bond donors (Lipinski definition) is 0. The molecule has 1 unspecified atom stereocenters. The molecule has 0 radical (unpaired) electrons. The molecular weight excluding hydrogens is 464 g/mol. The van der Waals surface area contributed by atoms with Gasteiger partial charge in [-0.05, 0) is 72.7 Å². The molecule has 1 heteroatoms. The number of rotatable bonds is 4. The van der Waals surface area contributed by atoms with E-state index in [2.05, 4.69) is 140 Å². The summed E-state index contributed by atoms with van der Waals surface area (Å²) in [6.45, 7) is 0. The van der Waals surface area contributed by atoms with Crippen LogP contribution in [0.1, 0.15) is 38.6 Å². The van der Waals surface area contributed by atoms with E-state index in [1.807, 2.05) is 0 Å². The fourth-order valence-corrected chi connectivity index (χ4v) is 9.25. The Kier molecular flexibility index (Phi) is 5.23. The predicted molar refractivity (Wildman–Crippen MR) is 162 cm³/mol. The molecule has 0 amide bonds. The molecule has 180 valence electrons. The standard InChI is InChI=1S/C36H30S/c1-37(2,34-23-28-18-10-12-20-30(28)35(34)27-16-7-4-8-17-27)33-24-32(25-13-5-3-6-14-25)36-29-19-11-9-15-26(29)21-22-31(33)36/h3-22,24,33H,23H2,1-2H3. The van der Waals surface area contributed by atoms with Crippen molar-refractivity contribution in [2.75, 3.05) is 12.5 Å². The minimum Gasteiger partial charge on any atom is -0.213 e. The Bertz CT molecular complexity index is 1700. The molecule has 7 rings (SSSR count). The third kappa shape index (κ3) is 3.53. The van der Waals surface area contributed by atoms with Gasteiger partial charge in [-0.15, -0.1) is 0 Å². The molecule has 0 saturated carbocycles. The molecule has 0 saturated heterocycles. The van der Waals surface area contributed by atoms with Gasteiger partial charge in [-0.1, -0.05) is 127 Å². The van der Waals surface area contributed by atoms with Gasteiger partial charge in [0.1, 0.15) is 0 Å². The Labute approximate surface area is 221 Å². The molecule has 0 N–H and O–H groups in total. The Balaban J connectivity index is 1.47. The monoisotopic (exact) mass is 494 g/mol. The van der Waals surface area contributed by atoms with Crippen molar-refractivity contribution >= 4 is 31.9 Å². The maximum atomic E-state index is 2.60. The van der Waals surface area contributed by atoms with Gasteiger partial charge < -0.3 is 0 Å². The van der Waals surface area contributed by atoms with E-state index >= 15 is 0 Å². The fourth-order valence-electron chi connectivity index (χ4n) is 6.35. The van der Waals surface area contributed by atoms with E-state index in [0.717, 1.165) is 6.42 Å². The van der Waals surface area contributed by atoms with Crippen molar-refractivity contribution < 1.29 is 0 Å². The van der Waals surface area contributed by atoms with Gasteiger partial charge in [0, 0.05) is 11.7 Å². The molecule has 37 heavy (non-hydrogen) atoms. The third-order valence-electron chi connectivity index (χ3n) is 8.19. The summed E-state index contributed by atoms with van der Waals surface area (Å²) in [5, 5.41) is 3.04. The van der Waals surface area contributed by atoms with Gasteiger partial charge in [0.05, 0.1) is 0 Å². The number of hydrogen-bond acceptors (Lipinski definition) is 0. The van der Waals surface area contributed by atoms with Crippen LogP contribution in [-0.2, 0) is 6.42 Å². The van der Waals surface area contributed by atoms with Gasteiger partial charge in [-0.2, -0.15) is 0 Å². The first-order valence-corrected chi connectivity index (χ1v) is 15.5. The summed E-state index contributed by atoms with van der Waals surface area (Å²) in [6.07, 6.45) is 8.73. The van der Waals surface area contributed by atoms with Crippen LogP contribution >= 0.6 is 10.0 Å². The Hall–Kier alpha value is -3.81. The highest BCUT2D eigenvalue weighted by atomic mass is 32.3. The van der Waals surface area contributed by atoms with Gasteiger partial charge >= 0.3 is 0 Å². The van der Waals surface area contributed by atoms with Crippen molar-refractivity contribution in [3.63, 3.8) is 0 Å².